The van der Waals surface area contributed by atoms with Gasteiger partial charge >= 0.3 is 5.97 Å². The van der Waals surface area contributed by atoms with E-state index >= 15 is 0 Å². The molecule has 1 aliphatic heterocycles. The fourth-order valence-electron chi connectivity index (χ4n) is 2.43. The van der Waals surface area contributed by atoms with Crippen molar-refractivity contribution in [3.63, 3.8) is 0 Å². The van der Waals surface area contributed by atoms with Crippen LogP contribution in [0.4, 0.5) is 4.39 Å². The number of benzene rings is 1. The number of piperidine rings is 1. The van der Waals surface area contributed by atoms with Gasteiger partial charge in [-0.05, 0) is 43.0 Å². The third-order valence-corrected chi connectivity index (χ3v) is 3.68. The molecule has 0 radical (unpaired) electrons. The van der Waals surface area contributed by atoms with Crippen molar-refractivity contribution in [1.29, 1.82) is 0 Å². The van der Waals surface area contributed by atoms with Crippen LogP contribution in [0.2, 0.25) is 0 Å². The van der Waals surface area contributed by atoms with Crippen LogP contribution in [0.25, 0.3) is 0 Å². The first-order valence-electron chi connectivity index (χ1n) is 6.72. The van der Waals surface area contributed by atoms with Gasteiger partial charge < -0.3 is 9.64 Å². The molecule has 0 aromatic heterocycles. The maximum atomic E-state index is 12.8. The number of halogens is 1. The maximum absolute atomic E-state index is 12.8. The Morgan fingerprint density at radius 1 is 1.25 bits per heavy atom. The SMILES string of the molecule is COC(=O)CC1CCN(C(=O)c2ccc(F)cc2)CC1. The first kappa shape index (κ1) is 14.5. The van der Waals surface area contributed by atoms with Crippen LogP contribution in [0, 0.1) is 11.7 Å². The number of rotatable bonds is 3. The third kappa shape index (κ3) is 3.56. The molecule has 1 saturated heterocycles. The van der Waals surface area contributed by atoms with Crippen LogP contribution in [0.15, 0.2) is 24.3 Å². The van der Waals surface area contributed by atoms with Crippen LogP contribution in [-0.2, 0) is 9.53 Å². The first-order valence-corrected chi connectivity index (χ1v) is 6.72. The number of carbonyl (C=O) groups excluding carboxylic acids is 2. The Morgan fingerprint density at radius 2 is 1.85 bits per heavy atom. The second kappa shape index (κ2) is 6.50. The van der Waals surface area contributed by atoms with Crippen molar-refractivity contribution in [2.45, 2.75) is 19.3 Å². The summed E-state index contributed by atoms with van der Waals surface area (Å²) in [5.41, 5.74) is 0.498. The number of carbonyl (C=O) groups is 2. The summed E-state index contributed by atoms with van der Waals surface area (Å²) in [6.45, 7) is 1.25. The highest BCUT2D eigenvalue weighted by Crippen LogP contribution is 2.22. The molecule has 20 heavy (non-hydrogen) atoms. The number of nitrogens with zero attached hydrogens (tertiary/aromatic N) is 1. The Hall–Kier alpha value is -1.91. The lowest BCUT2D eigenvalue weighted by Gasteiger charge is -2.31. The predicted molar refractivity (Wildman–Crippen MR) is 71.7 cm³/mol. The summed E-state index contributed by atoms with van der Waals surface area (Å²) in [5, 5.41) is 0. The van der Waals surface area contributed by atoms with E-state index < -0.39 is 0 Å². The minimum absolute atomic E-state index is 0.0819. The number of ether oxygens (including phenoxy) is 1. The molecule has 1 aromatic rings. The molecule has 0 saturated carbocycles. The Morgan fingerprint density at radius 3 is 2.40 bits per heavy atom. The standard InChI is InChI=1S/C15H18FNO3/c1-20-14(18)10-11-6-8-17(9-7-11)15(19)12-2-4-13(16)5-3-12/h2-5,11H,6-10H2,1H3. The molecule has 1 heterocycles. The van der Waals surface area contributed by atoms with E-state index in [-0.39, 0.29) is 23.6 Å². The molecule has 0 bridgehead atoms. The van der Waals surface area contributed by atoms with E-state index in [1.54, 1.807) is 4.90 Å². The minimum Gasteiger partial charge on any atom is -0.469 e. The maximum Gasteiger partial charge on any atom is 0.305 e. The fourth-order valence-corrected chi connectivity index (χ4v) is 2.43. The molecule has 4 nitrogen and oxygen atoms in total. The van der Waals surface area contributed by atoms with E-state index in [2.05, 4.69) is 4.74 Å². The molecule has 108 valence electrons. The van der Waals surface area contributed by atoms with Gasteiger partial charge in [0.15, 0.2) is 0 Å². The van der Waals surface area contributed by atoms with Crippen molar-refractivity contribution in [2.75, 3.05) is 20.2 Å². The monoisotopic (exact) mass is 279 g/mol. The van der Waals surface area contributed by atoms with Gasteiger partial charge in [-0.1, -0.05) is 0 Å². The summed E-state index contributed by atoms with van der Waals surface area (Å²) in [7, 11) is 1.38. The summed E-state index contributed by atoms with van der Waals surface area (Å²) >= 11 is 0. The molecule has 0 unspecified atom stereocenters. The van der Waals surface area contributed by atoms with Gasteiger partial charge in [0.2, 0.25) is 0 Å². The molecular formula is C15H18FNO3. The molecule has 1 aromatic carbocycles. The summed E-state index contributed by atoms with van der Waals surface area (Å²) in [4.78, 5) is 25.2. The molecule has 0 atom stereocenters. The average molecular weight is 279 g/mol. The highest BCUT2D eigenvalue weighted by Gasteiger charge is 2.25. The Bertz CT molecular complexity index is 478. The molecule has 1 aliphatic rings. The lowest BCUT2D eigenvalue weighted by Crippen LogP contribution is -2.38. The van der Waals surface area contributed by atoms with Crippen LogP contribution in [-0.4, -0.2) is 37.0 Å². The van der Waals surface area contributed by atoms with E-state index in [0.29, 0.717) is 25.1 Å². The van der Waals surface area contributed by atoms with Crippen LogP contribution < -0.4 is 0 Å². The van der Waals surface area contributed by atoms with Gasteiger partial charge in [-0.2, -0.15) is 0 Å². The van der Waals surface area contributed by atoms with Crippen molar-refractivity contribution in [3.05, 3.63) is 35.6 Å². The van der Waals surface area contributed by atoms with E-state index in [9.17, 15) is 14.0 Å². The number of esters is 1. The lowest BCUT2D eigenvalue weighted by atomic mass is 9.93. The number of amides is 1. The van der Waals surface area contributed by atoms with Crippen molar-refractivity contribution < 1.29 is 18.7 Å². The second-order valence-electron chi connectivity index (χ2n) is 5.02. The summed E-state index contributed by atoms with van der Waals surface area (Å²) < 4.78 is 17.5. The van der Waals surface area contributed by atoms with E-state index in [1.807, 2.05) is 0 Å². The highest BCUT2D eigenvalue weighted by atomic mass is 19.1. The molecular weight excluding hydrogens is 261 g/mol. The van der Waals surface area contributed by atoms with Crippen LogP contribution in [0.3, 0.4) is 0 Å². The zero-order valence-corrected chi connectivity index (χ0v) is 11.5. The molecule has 1 fully saturated rings. The smallest absolute Gasteiger partial charge is 0.305 e. The number of hydrogen-bond acceptors (Lipinski definition) is 3. The summed E-state index contributed by atoms with van der Waals surface area (Å²) in [5.74, 6) is -0.354. The highest BCUT2D eigenvalue weighted by molar-refractivity contribution is 5.94. The van der Waals surface area contributed by atoms with Gasteiger partial charge in [0.1, 0.15) is 5.82 Å². The summed E-state index contributed by atoms with van der Waals surface area (Å²) in [6.07, 6.45) is 2.00. The van der Waals surface area contributed by atoms with E-state index in [0.717, 1.165) is 12.8 Å². The van der Waals surface area contributed by atoms with Crippen LogP contribution in [0.5, 0.6) is 0 Å². The van der Waals surface area contributed by atoms with Gasteiger partial charge in [0.05, 0.1) is 7.11 Å². The molecule has 1 amide bonds. The van der Waals surface area contributed by atoms with Gasteiger partial charge in [-0.15, -0.1) is 0 Å². The number of likely N-dealkylation sites (tertiary alicyclic amines) is 1. The lowest BCUT2D eigenvalue weighted by molar-refractivity contribution is -0.142. The minimum atomic E-state index is -0.349. The van der Waals surface area contributed by atoms with Gasteiger partial charge in [-0.3, -0.25) is 9.59 Å². The molecule has 2 rings (SSSR count). The van der Waals surface area contributed by atoms with Gasteiger partial charge in [0.25, 0.3) is 5.91 Å². The predicted octanol–water partition coefficient (Wildman–Crippen LogP) is 2.24. The Labute approximate surface area is 117 Å². The zero-order chi connectivity index (χ0) is 14.5. The molecule has 5 heteroatoms. The zero-order valence-electron chi connectivity index (χ0n) is 11.5. The molecule has 0 spiro atoms. The van der Waals surface area contributed by atoms with Crippen molar-refractivity contribution in [3.8, 4) is 0 Å². The average Bonchev–Trinajstić information content (AvgIpc) is 2.48. The van der Waals surface area contributed by atoms with Crippen molar-refractivity contribution in [1.82, 2.24) is 4.90 Å². The van der Waals surface area contributed by atoms with Crippen molar-refractivity contribution >= 4 is 11.9 Å². The van der Waals surface area contributed by atoms with E-state index in [1.165, 1.54) is 31.4 Å². The topological polar surface area (TPSA) is 46.6 Å². The molecule has 0 aliphatic carbocycles. The number of methoxy groups -OCH3 is 1. The van der Waals surface area contributed by atoms with E-state index in [4.69, 9.17) is 0 Å². The summed E-state index contributed by atoms with van der Waals surface area (Å²) in [6, 6.07) is 5.57. The normalized spacial score (nSPS) is 16.0. The van der Waals surface area contributed by atoms with Gasteiger partial charge in [0, 0.05) is 25.1 Å². The Balaban J connectivity index is 1.88. The third-order valence-electron chi connectivity index (χ3n) is 3.68. The second-order valence-corrected chi connectivity index (χ2v) is 5.02. The van der Waals surface area contributed by atoms with Crippen LogP contribution >= 0.6 is 0 Å². The quantitative estimate of drug-likeness (QED) is 0.797. The molecule has 0 N–H and O–H groups in total. The largest absolute Gasteiger partial charge is 0.469 e. The van der Waals surface area contributed by atoms with Crippen molar-refractivity contribution in [2.24, 2.45) is 5.92 Å². The fraction of sp³-hybridized carbons (Fsp3) is 0.467. The number of hydrogen-bond donors (Lipinski definition) is 0. The first-order chi connectivity index (χ1) is 9.60. The van der Waals surface area contributed by atoms with Gasteiger partial charge in [-0.25, -0.2) is 4.39 Å². The Kier molecular flexibility index (Phi) is 4.71. The van der Waals surface area contributed by atoms with Crippen LogP contribution in [0.1, 0.15) is 29.6 Å².